The minimum Gasteiger partial charge on any atom is -0.407 e. The molecule has 1 aromatic heterocycles. The number of esters is 1. The van der Waals surface area contributed by atoms with Gasteiger partial charge >= 0.3 is 5.97 Å². The summed E-state index contributed by atoms with van der Waals surface area (Å²) in [5.41, 5.74) is 1.00. The fraction of sp³-hybridized carbons (Fsp3) is 0.214. The molecular formula is C14H12FN3O2. The molecule has 0 spiro atoms. The molecule has 1 aromatic carbocycles. The van der Waals surface area contributed by atoms with E-state index in [1.807, 2.05) is 0 Å². The van der Waals surface area contributed by atoms with E-state index in [1.54, 1.807) is 26.0 Å². The van der Waals surface area contributed by atoms with Crippen LogP contribution in [0.2, 0.25) is 0 Å². The lowest BCUT2D eigenvalue weighted by molar-refractivity contribution is -0.134. The van der Waals surface area contributed by atoms with Crippen molar-refractivity contribution in [3.05, 3.63) is 41.3 Å². The molecule has 0 amide bonds. The zero-order chi connectivity index (χ0) is 14.7. The van der Waals surface area contributed by atoms with E-state index in [4.69, 9.17) is 10.00 Å². The Morgan fingerprint density at radius 2 is 2.25 bits per heavy atom. The molecule has 0 aliphatic carbocycles. The van der Waals surface area contributed by atoms with Crippen molar-refractivity contribution in [2.45, 2.75) is 20.3 Å². The third-order valence-electron chi connectivity index (χ3n) is 2.62. The molecule has 0 fully saturated rings. The molecule has 20 heavy (non-hydrogen) atoms. The monoisotopic (exact) mass is 273 g/mol. The Morgan fingerprint density at radius 3 is 2.90 bits per heavy atom. The Morgan fingerprint density at radius 1 is 1.50 bits per heavy atom. The lowest BCUT2D eigenvalue weighted by Crippen LogP contribution is -2.10. The van der Waals surface area contributed by atoms with E-state index >= 15 is 0 Å². The minimum atomic E-state index is -0.604. The van der Waals surface area contributed by atoms with E-state index in [0.29, 0.717) is 11.4 Å². The number of benzene rings is 1. The van der Waals surface area contributed by atoms with Gasteiger partial charge in [-0.25, -0.2) is 9.07 Å². The Bertz CT molecular complexity index is 701. The SMILES string of the molecule is CCC(=O)Oc1cc(C)nn1-c1ccc(F)c(C#N)c1. The third-order valence-corrected chi connectivity index (χ3v) is 2.62. The molecule has 0 aliphatic rings. The standard InChI is InChI=1S/C14H12FN3O2/c1-3-14(19)20-13-6-9(2)17-18(13)11-4-5-12(15)10(7-11)8-16/h4-7H,3H2,1-2H3. The van der Waals surface area contributed by atoms with Gasteiger partial charge in [0.2, 0.25) is 5.88 Å². The zero-order valence-corrected chi connectivity index (χ0v) is 11.1. The average molecular weight is 273 g/mol. The highest BCUT2D eigenvalue weighted by molar-refractivity contribution is 5.71. The Hall–Kier alpha value is -2.68. The van der Waals surface area contributed by atoms with Crippen LogP contribution in [0.5, 0.6) is 5.88 Å². The lowest BCUT2D eigenvalue weighted by Gasteiger charge is -2.07. The van der Waals surface area contributed by atoms with Gasteiger partial charge in [0.1, 0.15) is 11.9 Å². The summed E-state index contributed by atoms with van der Waals surface area (Å²) in [5.74, 6) is -0.758. The summed E-state index contributed by atoms with van der Waals surface area (Å²) < 4.78 is 19.8. The van der Waals surface area contributed by atoms with Crippen LogP contribution >= 0.6 is 0 Å². The van der Waals surface area contributed by atoms with Gasteiger partial charge in [-0.2, -0.15) is 10.4 Å². The van der Waals surface area contributed by atoms with Crippen LogP contribution in [-0.2, 0) is 4.79 Å². The first-order valence-electron chi connectivity index (χ1n) is 6.02. The van der Waals surface area contributed by atoms with Crippen LogP contribution in [0.1, 0.15) is 24.6 Å². The predicted molar refractivity (Wildman–Crippen MR) is 68.9 cm³/mol. The van der Waals surface area contributed by atoms with E-state index in [1.165, 1.54) is 22.9 Å². The highest BCUT2D eigenvalue weighted by Gasteiger charge is 2.13. The largest absolute Gasteiger partial charge is 0.407 e. The van der Waals surface area contributed by atoms with Crippen LogP contribution in [0, 0.1) is 24.1 Å². The smallest absolute Gasteiger partial charge is 0.312 e. The van der Waals surface area contributed by atoms with Gasteiger partial charge in [-0.3, -0.25) is 4.79 Å². The number of hydrogen-bond donors (Lipinski definition) is 0. The Labute approximate surface area is 115 Å². The molecule has 6 heteroatoms. The summed E-state index contributed by atoms with van der Waals surface area (Å²) in [4.78, 5) is 11.4. The van der Waals surface area contributed by atoms with E-state index in [0.717, 1.165) is 0 Å². The van der Waals surface area contributed by atoms with Crippen LogP contribution in [-0.4, -0.2) is 15.7 Å². The predicted octanol–water partition coefficient (Wildman–Crippen LogP) is 2.51. The van der Waals surface area contributed by atoms with Crippen molar-refractivity contribution in [1.82, 2.24) is 9.78 Å². The summed E-state index contributed by atoms with van der Waals surface area (Å²) in [6.45, 7) is 3.43. The number of aromatic nitrogens is 2. The van der Waals surface area contributed by atoms with Crippen molar-refractivity contribution in [2.75, 3.05) is 0 Å². The summed E-state index contributed by atoms with van der Waals surface area (Å²) >= 11 is 0. The fourth-order valence-corrected chi connectivity index (χ4v) is 1.65. The van der Waals surface area contributed by atoms with Crippen molar-refractivity contribution >= 4 is 5.97 Å². The molecule has 5 nitrogen and oxygen atoms in total. The molecule has 102 valence electrons. The topological polar surface area (TPSA) is 67.9 Å². The normalized spacial score (nSPS) is 10.1. The van der Waals surface area contributed by atoms with E-state index in [-0.39, 0.29) is 17.9 Å². The second kappa shape index (κ2) is 5.53. The summed E-state index contributed by atoms with van der Waals surface area (Å²) in [6.07, 6.45) is 0.233. The van der Waals surface area contributed by atoms with Gasteiger partial charge in [0.25, 0.3) is 0 Å². The van der Waals surface area contributed by atoms with Gasteiger partial charge in [0.05, 0.1) is 16.9 Å². The molecule has 0 radical (unpaired) electrons. The minimum absolute atomic E-state index is 0.0941. The second-order valence-electron chi connectivity index (χ2n) is 4.14. The van der Waals surface area contributed by atoms with Crippen molar-refractivity contribution in [2.24, 2.45) is 0 Å². The maximum absolute atomic E-state index is 13.3. The Kier molecular flexibility index (Phi) is 3.80. The number of halogens is 1. The van der Waals surface area contributed by atoms with Gasteiger partial charge in [0, 0.05) is 12.5 Å². The molecular weight excluding hydrogens is 261 g/mol. The van der Waals surface area contributed by atoms with Crippen LogP contribution in [0.3, 0.4) is 0 Å². The van der Waals surface area contributed by atoms with Gasteiger partial charge in [-0.1, -0.05) is 6.92 Å². The number of hydrogen-bond acceptors (Lipinski definition) is 4. The first-order chi connectivity index (χ1) is 9.55. The molecule has 0 unspecified atom stereocenters. The molecule has 0 saturated heterocycles. The lowest BCUT2D eigenvalue weighted by atomic mass is 10.2. The number of carbonyl (C=O) groups excluding carboxylic acids is 1. The molecule has 0 saturated carbocycles. The van der Waals surface area contributed by atoms with E-state index in [9.17, 15) is 9.18 Å². The Balaban J connectivity index is 2.47. The number of rotatable bonds is 3. The summed E-state index contributed by atoms with van der Waals surface area (Å²) in [7, 11) is 0. The zero-order valence-electron chi connectivity index (χ0n) is 11.1. The van der Waals surface area contributed by atoms with Crippen LogP contribution in [0.4, 0.5) is 4.39 Å². The highest BCUT2D eigenvalue weighted by Crippen LogP contribution is 2.21. The van der Waals surface area contributed by atoms with Crippen LogP contribution in [0.25, 0.3) is 5.69 Å². The molecule has 2 aromatic rings. The number of carbonyl (C=O) groups is 1. The molecule has 0 aliphatic heterocycles. The number of aryl methyl sites for hydroxylation is 1. The van der Waals surface area contributed by atoms with Gasteiger partial charge in [-0.05, 0) is 25.1 Å². The van der Waals surface area contributed by atoms with Crippen molar-refractivity contribution in [3.8, 4) is 17.6 Å². The first kappa shape index (κ1) is 13.7. The van der Waals surface area contributed by atoms with Crippen molar-refractivity contribution < 1.29 is 13.9 Å². The third kappa shape index (κ3) is 2.67. The molecule has 2 rings (SSSR count). The van der Waals surface area contributed by atoms with Gasteiger partial charge < -0.3 is 4.74 Å². The summed E-state index contributed by atoms with van der Waals surface area (Å²) in [6, 6.07) is 7.35. The summed E-state index contributed by atoms with van der Waals surface area (Å²) in [5, 5.41) is 13.0. The number of nitrogens with zero attached hydrogens (tertiary/aromatic N) is 3. The fourth-order valence-electron chi connectivity index (χ4n) is 1.65. The van der Waals surface area contributed by atoms with Crippen molar-refractivity contribution in [3.63, 3.8) is 0 Å². The molecule has 0 bridgehead atoms. The van der Waals surface area contributed by atoms with Crippen LogP contribution < -0.4 is 4.74 Å². The first-order valence-corrected chi connectivity index (χ1v) is 6.02. The van der Waals surface area contributed by atoms with Crippen molar-refractivity contribution in [1.29, 1.82) is 5.26 Å². The quantitative estimate of drug-likeness (QED) is 0.806. The highest BCUT2D eigenvalue weighted by atomic mass is 19.1. The van der Waals surface area contributed by atoms with E-state index < -0.39 is 11.8 Å². The van der Waals surface area contributed by atoms with Crippen LogP contribution in [0.15, 0.2) is 24.3 Å². The maximum Gasteiger partial charge on any atom is 0.312 e. The maximum atomic E-state index is 13.3. The molecule has 0 N–H and O–H groups in total. The van der Waals surface area contributed by atoms with Gasteiger partial charge in [0.15, 0.2) is 0 Å². The average Bonchev–Trinajstić information content (AvgIpc) is 2.80. The second-order valence-corrected chi connectivity index (χ2v) is 4.14. The number of ether oxygens (including phenoxy) is 1. The molecule has 0 atom stereocenters. The van der Waals surface area contributed by atoms with Gasteiger partial charge in [-0.15, -0.1) is 0 Å². The van der Waals surface area contributed by atoms with E-state index in [2.05, 4.69) is 5.10 Å². The molecule has 1 heterocycles. The number of nitriles is 1.